The minimum absolute atomic E-state index is 0.315. The second-order valence-electron chi connectivity index (χ2n) is 5.62. The van der Waals surface area contributed by atoms with Gasteiger partial charge in [-0.2, -0.15) is 0 Å². The maximum Gasteiger partial charge on any atom is 0.343 e. The van der Waals surface area contributed by atoms with Crippen LogP contribution in [0.25, 0.3) is 0 Å². The molecule has 0 saturated carbocycles. The van der Waals surface area contributed by atoms with Gasteiger partial charge in [0, 0.05) is 0 Å². The average molecular weight is 282 g/mol. The van der Waals surface area contributed by atoms with Gasteiger partial charge in [-0.05, 0) is 49.1 Å². The Morgan fingerprint density at radius 2 is 1.67 bits per heavy atom. The van der Waals surface area contributed by atoms with Crippen molar-refractivity contribution in [2.75, 3.05) is 0 Å². The number of hydrogen-bond donors (Lipinski definition) is 0. The molecular formula is C19H22O2. The molecule has 1 unspecified atom stereocenters. The SMILES string of the molecule is CCC(C)Cc1ccc(OC(=O)c2ccc(C)cc2)cc1. The molecule has 0 aliphatic carbocycles. The lowest BCUT2D eigenvalue weighted by Crippen LogP contribution is -2.08. The first-order valence-electron chi connectivity index (χ1n) is 7.46. The van der Waals surface area contributed by atoms with Crippen molar-refractivity contribution in [3.8, 4) is 5.75 Å². The van der Waals surface area contributed by atoms with Gasteiger partial charge in [0.05, 0.1) is 5.56 Å². The van der Waals surface area contributed by atoms with Gasteiger partial charge in [0.15, 0.2) is 0 Å². The van der Waals surface area contributed by atoms with Crippen LogP contribution in [0.15, 0.2) is 48.5 Å². The van der Waals surface area contributed by atoms with Crippen molar-refractivity contribution in [2.24, 2.45) is 5.92 Å². The highest BCUT2D eigenvalue weighted by molar-refractivity contribution is 5.91. The standard InChI is InChI=1S/C19H22O2/c1-4-14(2)13-16-7-11-18(12-8-16)21-19(20)17-9-5-15(3)6-10-17/h5-12,14H,4,13H2,1-3H3. The molecule has 0 spiro atoms. The molecule has 0 aromatic heterocycles. The molecule has 0 amide bonds. The van der Waals surface area contributed by atoms with Gasteiger partial charge in [-0.1, -0.05) is 50.1 Å². The Bertz CT molecular complexity index is 582. The normalized spacial score (nSPS) is 12.0. The van der Waals surface area contributed by atoms with Gasteiger partial charge in [0.1, 0.15) is 5.75 Å². The Kier molecular flexibility index (Phi) is 5.15. The van der Waals surface area contributed by atoms with Gasteiger partial charge in [-0.3, -0.25) is 0 Å². The summed E-state index contributed by atoms with van der Waals surface area (Å²) in [6.45, 7) is 6.43. The number of aryl methyl sites for hydroxylation is 1. The van der Waals surface area contributed by atoms with Crippen molar-refractivity contribution in [2.45, 2.75) is 33.6 Å². The number of ether oxygens (including phenoxy) is 1. The summed E-state index contributed by atoms with van der Waals surface area (Å²) < 4.78 is 5.39. The fourth-order valence-corrected chi connectivity index (χ4v) is 2.10. The van der Waals surface area contributed by atoms with Crippen LogP contribution in [0, 0.1) is 12.8 Å². The summed E-state index contributed by atoms with van der Waals surface area (Å²) in [6, 6.07) is 15.2. The molecule has 0 aliphatic heterocycles. The largest absolute Gasteiger partial charge is 0.423 e. The van der Waals surface area contributed by atoms with Gasteiger partial charge in [-0.15, -0.1) is 0 Å². The van der Waals surface area contributed by atoms with Crippen molar-refractivity contribution in [1.82, 2.24) is 0 Å². The lowest BCUT2D eigenvalue weighted by atomic mass is 9.99. The van der Waals surface area contributed by atoms with E-state index in [9.17, 15) is 4.79 Å². The monoisotopic (exact) mass is 282 g/mol. The molecule has 1 atom stereocenters. The lowest BCUT2D eigenvalue weighted by Gasteiger charge is -2.09. The van der Waals surface area contributed by atoms with Gasteiger partial charge < -0.3 is 4.74 Å². The molecular weight excluding hydrogens is 260 g/mol. The molecule has 0 fully saturated rings. The molecule has 110 valence electrons. The highest BCUT2D eigenvalue weighted by atomic mass is 16.5. The van der Waals surface area contributed by atoms with E-state index < -0.39 is 0 Å². The molecule has 2 heteroatoms. The zero-order valence-electron chi connectivity index (χ0n) is 12.9. The molecule has 2 aromatic rings. The quantitative estimate of drug-likeness (QED) is 0.581. The van der Waals surface area contributed by atoms with Crippen molar-refractivity contribution < 1.29 is 9.53 Å². The summed E-state index contributed by atoms with van der Waals surface area (Å²) in [5, 5.41) is 0. The molecule has 0 saturated heterocycles. The van der Waals surface area contributed by atoms with Gasteiger partial charge in [0.2, 0.25) is 0 Å². The van der Waals surface area contributed by atoms with E-state index in [0.29, 0.717) is 17.2 Å². The van der Waals surface area contributed by atoms with E-state index >= 15 is 0 Å². The molecule has 0 aliphatic rings. The topological polar surface area (TPSA) is 26.3 Å². The summed E-state index contributed by atoms with van der Waals surface area (Å²) in [7, 11) is 0. The molecule has 2 nitrogen and oxygen atoms in total. The number of benzene rings is 2. The summed E-state index contributed by atoms with van der Waals surface area (Å²) >= 11 is 0. The molecule has 0 radical (unpaired) electrons. The first kappa shape index (κ1) is 15.3. The van der Waals surface area contributed by atoms with E-state index in [-0.39, 0.29) is 5.97 Å². The maximum atomic E-state index is 12.0. The Labute approximate surface area is 126 Å². The van der Waals surface area contributed by atoms with Crippen LogP contribution in [0.5, 0.6) is 5.75 Å². The lowest BCUT2D eigenvalue weighted by molar-refractivity contribution is 0.0734. The van der Waals surface area contributed by atoms with Crippen molar-refractivity contribution in [1.29, 1.82) is 0 Å². The van der Waals surface area contributed by atoms with Crippen LogP contribution in [-0.4, -0.2) is 5.97 Å². The van der Waals surface area contributed by atoms with E-state index in [1.165, 1.54) is 12.0 Å². The Morgan fingerprint density at radius 3 is 2.24 bits per heavy atom. The van der Waals surface area contributed by atoms with E-state index in [2.05, 4.69) is 13.8 Å². The van der Waals surface area contributed by atoms with Crippen LogP contribution in [0.3, 0.4) is 0 Å². The second-order valence-corrected chi connectivity index (χ2v) is 5.62. The Morgan fingerprint density at radius 1 is 1.05 bits per heavy atom. The Balaban J connectivity index is 1.99. The van der Waals surface area contributed by atoms with E-state index in [1.807, 2.05) is 43.3 Å². The molecule has 21 heavy (non-hydrogen) atoms. The summed E-state index contributed by atoms with van der Waals surface area (Å²) in [6.07, 6.45) is 2.23. The van der Waals surface area contributed by atoms with Crippen molar-refractivity contribution in [3.63, 3.8) is 0 Å². The number of rotatable bonds is 5. The predicted molar refractivity (Wildman–Crippen MR) is 85.7 cm³/mol. The summed E-state index contributed by atoms with van der Waals surface area (Å²) in [5.74, 6) is 0.948. The number of carbonyl (C=O) groups is 1. The molecule has 0 heterocycles. The second kappa shape index (κ2) is 7.07. The van der Waals surface area contributed by atoms with Crippen LogP contribution >= 0.6 is 0 Å². The first-order chi connectivity index (χ1) is 10.1. The third kappa shape index (κ3) is 4.45. The number of esters is 1. The fourth-order valence-electron chi connectivity index (χ4n) is 2.10. The fraction of sp³-hybridized carbons (Fsp3) is 0.316. The first-order valence-corrected chi connectivity index (χ1v) is 7.46. The van der Waals surface area contributed by atoms with Crippen molar-refractivity contribution in [3.05, 3.63) is 65.2 Å². The van der Waals surface area contributed by atoms with Crippen LogP contribution in [-0.2, 0) is 6.42 Å². The maximum absolute atomic E-state index is 12.0. The minimum atomic E-state index is -0.315. The van der Waals surface area contributed by atoms with Crippen LogP contribution in [0.1, 0.15) is 41.8 Å². The zero-order valence-corrected chi connectivity index (χ0v) is 12.9. The van der Waals surface area contributed by atoms with Gasteiger partial charge >= 0.3 is 5.97 Å². The van der Waals surface area contributed by atoms with E-state index in [0.717, 1.165) is 12.0 Å². The number of hydrogen-bond acceptors (Lipinski definition) is 2. The van der Waals surface area contributed by atoms with Crippen molar-refractivity contribution >= 4 is 5.97 Å². The minimum Gasteiger partial charge on any atom is -0.423 e. The van der Waals surface area contributed by atoms with Crippen LogP contribution in [0.4, 0.5) is 0 Å². The third-order valence-electron chi connectivity index (χ3n) is 3.70. The van der Waals surface area contributed by atoms with Gasteiger partial charge in [-0.25, -0.2) is 4.79 Å². The molecule has 0 bridgehead atoms. The summed E-state index contributed by atoms with van der Waals surface area (Å²) in [5.41, 5.74) is 2.98. The summed E-state index contributed by atoms with van der Waals surface area (Å²) in [4.78, 5) is 12.0. The van der Waals surface area contributed by atoms with Gasteiger partial charge in [0.25, 0.3) is 0 Å². The molecule has 2 rings (SSSR count). The number of carbonyl (C=O) groups excluding carboxylic acids is 1. The Hall–Kier alpha value is -2.09. The third-order valence-corrected chi connectivity index (χ3v) is 3.70. The average Bonchev–Trinajstić information content (AvgIpc) is 2.49. The zero-order chi connectivity index (χ0) is 15.2. The van der Waals surface area contributed by atoms with Crippen LogP contribution < -0.4 is 4.74 Å². The molecule has 0 N–H and O–H groups in total. The van der Waals surface area contributed by atoms with E-state index in [4.69, 9.17) is 4.74 Å². The predicted octanol–water partition coefficient (Wildman–Crippen LogP) is 4.80. The smallest absolute Gasteiger partial charge is 0.343 e. The highest BCUT2D eigenvalue weighted by Gasteiger charge is 2.08. The molecule has 2 aromatic carbocycles. The highest BCUT2D eigenvalue weighted by Crippen LogP contribution is 2.17. The van der Waals surface area contributed by atoms with E-state index in [1.54, 1.807) is 12.1 Å². The van der Waals surface area contributed by atoms with Crippen LogP contribution in [0.2, 0.25) is 0 Å².